The van der Waals surface area contributed by atoms with E-state index in [1.54, 1.807) is 0 Å². The van der Waals surface area contributed by atoms with E-state index < -0.39 is 22.4 Å². The highest BCUT2D eigenvalue weighted by atomic mass is 16.6. The molecule has 4 aliphatic rings. The van der Waals surface area contributed by atoms with Gasteiger partial charge in [0.05, 0.1) is 82.6 Å². The maximum Gasteiger partial charge on any atom is 0.362 e. The zero-order valence-electron chi connectivity index (χ0n) is 59.2. The first-order chi connectivity index (χ1) is 40.9. The number of hydrogen-bond acceptors (Lipinski definition) is 8. The van der Waals surface area contributed by atoms with Crippen molar-refractivity contribution in [1.82, 2.24) is 0 Å². The van der Waals surface area contributed by atoms with Crippen LogP contribution < -0.4 is 0 Å². The van der Waals surface area contributed by atoms with Gasteiger partial charge in [0.2, 0.25) is 0 Å². The van der Waals surface area contributed by atoms with Gasteiger partial charge in [-0.25, -0.2) is 19.2 Å². The van der Waals surface area contributed by atoms with E-state index in [4.69, 9.17) is 18.9 Å². The van der Waals surface area contributed by atoms with E-state index in [-0.39, 0.29) is 88.6 Å². The fourth-order valence-corrected chi connectivity index (χ4v) is 15.6. The molecule has 0 aromatic rings. The topological polar surface area (TPSA) is 105 Å². The average molecular weight is 1220 g/mol. The minimum atomic E-state index is -1.18. The number of esters is 4. The number of ether oxygens (including phenoxy) is 4. The first-order valence-corrected chi connectivity index (χ1v) is 37.0. The molecule has 0 spiro atoms. The van der Waals surface area contributed by atoms with Crippen molar-refractivity contribution in [2.75, 3.05) is 109 Å². The molecule has 0 heterocycles. The highest BCUT2D eigenvalue weighted by Gasteiger charge is 2.75. The first-order valence-electron chi connectivity index (χ1n) is 37.0. The van der Waals surface area contributed by atoms with Crippen molar-refractivity contribution < 1.29 is 56.1 Å². The molecule has 86 heavy (non-hydrogen) atoms. The van der Waals surface area contributed by atoms with Gasteiger partial charge in [-0.1, -0.05) is 233 Å². The van der Waals surface area contributed by atoms with Crippen LogP contribution in [-0.4, -0.2) is 173 Å². The van der Waals surface area contributed by atoms with Crippen molar-refractivity contribution in [3.8, 4) is 0 Å². The van der Waals surface area contributed by atoms with E-state index in [0.717, 1.165) is 77.5 Å². The third kappa shape index (κ3) is 33.7. The Bertz CT molecular complexity index is 1550. The molecule has 0 N–H and O–H groups in total. The third-order valence-corrected chi connectivity index (χ3v) is 19.9. The van der Waals surface area contributed by atoms with Crippen LogP contribution in [0.25, 0.3) is 0 Å². The van der Waals surface area contributed by atoms with Crippen molar-refractivity contribution >= 4 is 23.9 Å². The fourth-order valence-electron chi connectivity index (χ4n) is 15.6. The van der Waals surface area contributed by atoms with Gasteiger partial charge in [0.15, 0.2) is 26.2 Å². The summed E-state index contributed by atoms with van der Waals surface area (Å²) >= 11 is 0. The molecule has 4 saturated carbocycles. The van der Waals surface area contributed by atoms with Crippen molar-refractivity contribution in [2.45, 2.75) is 345 Å². The largest absolute Gasteiger partial charge is 0.454 e. The van der Waals surface area contributed by atoms with Gasteiger partial charge in [0.1, 0.15) is 22.4 Å². The molecule has 0 amide bonds. The van der Waals surface area contributed by atoms with Gasteiger partial charge >= 0.3 is 23.9 Å². The minimum Gasteiger partial charge on any atom is -0.454 e. The zero-order valence-corrected chi connectivity index (χ0v) is 59.2. The lowest BCUT2D eigenvalue weighted by atomic mass is 9.48. The molecule has 0 aromatic heterocycles. The van der Waals surface area contributed by atoms with Gasteiger partial charge in [-0.15, -0.1) is 0 Å². The standard InChI is InChI=1S/C74H144N4O8/c1-13-17-21-25-29-33-37-41-45-49-53-75(5,6)57-67(79)83-71-61-72(84-68(80)58-76(7,8)54-50-46-42-38-34-30-26-22-18-14-2)64-73(62-71,85-69(81)59-77(9,10)55-51-47-43-39-35-31-27-23-19-15-3)66-74(63-71,65-72)86-70(82)60-78(11,12)56-52-48-44-40-36-32-28-24-20-16-4/h13-66H2,1-12H3/q+4. The molecule has 0 saturated heterocycles. The van der Waals surface area contributed by atoms with Gasteiger partial charge in [-0.05, 0) is 51.4 Å². The molecular formula is C74H144N4O8+4. The molecule has 4 fully saturated rings. The van der Waals surface area contributed by atoms with Gasteiger partial charge in [-0.2, -0.15) is 0 Å². The van der Waals surface area contributed by atoms with Crippen LogP contribution in [-0.2, 0) is 38.1 Å². The summed E-state index contributed by atoms with van der Waals surface area (Å²) < 4.78 is 29.7. The Balaban J connectivity index is 1.88. The van der Waals surface area contributed by atoms with Gasteiger partial charge in [-0.3, -0.25) is 0 Å². The van der Waals surface area contributed by atoms with Crippen LogP contribution in [0.15, 0.2) is 0 Å². The summed E-state index contributed by atoms with van der Waals surface area (Å²) in [4.78, 5) is 58.8. The Kier molecular flexibility index (Phi) is 37.4. The van der Waals surface area contributed by atoms with Gasteiger partial charge in [0, 0.05) is 38.5 Å². The van der Waals surface area contributed by atoms with E-state index in [9.17, 15) is 19.2 Å². The normalized spacial score (nSPS) is 21.3. The van der Waals surface area contributed by atoms with Crippen LogP contribution in [0.3, 0.4) is 0 Å². The molecule has 0 aliphatic heterocycles. The molecule has 12 nitrogen and oxygen atoms in total. The van der Waals surface area contributed by atoms with Crippen LogP contribution >= 0.6 is 0 Å². The van der Waals surface area contributed by atoms with Crippen molar-refractivity contribution in [3.05, 3.63) is 0 Å². The molecular weight excluding hydrogens is 1070 g/mol. The highest BCUT2D eigenvalue weighted by molar-refractivity contribution is 5.74. The number of unbranched alkanes of at least 4 members (excludes halogenated alkanes) is 36. The second-order valence-electron chi connectivity index (χ2n) is 31.7. The zero-order chi connectivity index (χ0) is 63.3. The van der Waals surface area contributed by atoms with E-state index in [1.807, 2.05) is 0 Å². The highest BCUT2D eigenvalue weighted by Crippen LogP contribution is 2.65. The summed E-state index contributed by atoms with van der Waals surface area (Å²) in [7, 11) is 16.9. The molecule has 504 valence electrons. The Labute approximate surface area is 531 Å². The quantitative estimate of drug-likeness (QED) is 0.0257. The summed E-state index contributed by atoms with van der Waals surface area (Å²) in [5.41, 5.74) is -4.70. The molecule has 0 aromatic carbocycles. The number of carbonyl (C=O) groups is 4. The van der Waals surface area contributed by atoms with Crippen molar-refractivity contribution in [3.63, 3.8) is 0 Å². The Morgan fingerprint density at radius 2 is 0.360 bits per heavy atom. The third-order valence-electron chi connectivity index (χ3n) is 19.9. The van der Waals surface area contributed by atoms with Gasteiger partial charge in [0.25, 0.3) is 0 Å². The molecule has 0 radical (unpaired) electrons. The lowest BCUT2D eigenvalue weighted by molar-refractivity contribution is -0.883. The number of quaternary nitrogens is 4. The maximum absolute atomic E-state index is 14.7. The second kappa shape index (κ2) is 41.3. The summed E-state index contributed by atoms with van der Waals surface area (Å²) in [6.07, 6.45) is 51.9. The average Bonchev–Trinajstić information content (AvgIpc) is 0.795. The van der Waals surface area contributed by atoms with Crippen LogP contribution in [0.4, 0.5) is 0 Å². The lowest BCUT2D eigenvalue weighted by Crippen LogP contribution is -2.75. The lowest BCUT2D eigenvalue weighted by Gasteiger charge is -2.66. The number of nitrogens with zero attached hydrogens (tertiary/aromatic N) is 4. The second-order valence-corrected chi connectivity index (χ2v) is 31.7. The molecule has 4 aliphatic carbocycles. The van der Waals surface area contributed by atoms with E-state index in [0.29, 0.717) is 17.9 Å². The smallest absolute Gasteiger partial charge is 0.362 e. The molecule has 12 heteroatoms. The summed E-state index contributed by atoms with van der Waals surface area (Å²) in [6, 6.07) is 0. The Morgan fingerprint density at radius 3 is 0.500 bits per heavy atom. The molecule has 4 rings (SSSR count). The number of rotatable bonds is 56. The Morgan fingerprint density at radius 1 is 0.233 bits per heavy atom. The van der Waals surface area contributed by atoms with Crippen LogP contribution in [0.2, 0.25) is 0 Å². The van der Waals surface area contributed by atoms with Crippen LogP contribution in [0, 0.1) is 0 Å². The SMILES string of the molecule is CCCCCCCCCCCC[N+](C)(C)CC(=O)OC12CC3(OC(=O)C[N+](C)(C)CCCCCCCCCCCC)CC(OC(=O)C[N+](C)(C)CCCCCCCCCCCC)(C1)CC(OC(=O)C[N+](C)(C)CCCCCCCCCCCC)(C2)C3. The summed E-state index contributed by atoms with van der Waals surface area (Å²) in [5, 5.41) is 0. The monoisotopic (exact) mass is 1220 g/mol. The molecule has 0 atom stereocenters. The Hall–Kier alpha value is -2.28. The fraction of sp³-hybridized carbons (Fsp3) is 0.946. The van der Waals surface area contributed by atoms with Crippen molar-refractivity contribution in [2.24, 2.45) is 0 Å². The van der Waals surface area contributed by atoms with Crippen LogP contribution in [0.5, 0.6) is 0 Å². The number of hydrogen-bond donors (Lipinski definition) is 0. The molecule has 0 unspecified atom stereocenters. The van der Waals surface area contributed by atoms with E-state index >= 15 is 0 Å². The number of carbonyl (C=O) groups excluding carboxylic acids is 4. The number of likely N-dealkylation sites (N-methyl/N-ethyl adjacent to an activating group) is 4. The summed E-state index contributed by atoms with van der Waals surface area (Å²) in [6.45, 7) is 13.2. The maximum atomic E-state index is 14.7. The predicted molar refractivity (Wildman–Crippen MR) is 358 cm³/mol. The van der Waals surface area contributed by atoms with Gasteiger partial charge < -0.3 is 36.9 Å². The summed E-state index contributed by atoms with van der Waals surface area (Å²) in [5.74, 6) is -1.25. The molecule has 4 bridgehead atoms. The first kappa shape index (κ1) is 78.0. The van der Waals surface area contributed by atoms with E-state index in [1.165, 1.54) is 205 Å². The predicted octanol–water partition coefficient (Wildman–Crippen LogP) is 17.5. The van der Waals surface area contributed by atoms with E-state index in [2.05, 4.69) is 84.1 Å². The minimum absolute atomic E-state index is 0.186. The van der Waals surface area contributed by atoms with Crippen molar-refractivity contribution in [1.29, 1.82) is 0 Å². The van der Waals surface area contributed by atoms with Crippen LogP contribution in [0.1, 0.15) is 323 Å².